The average Bonchev–Trinajstić information content (AvgIpc) is 2.97. The molecule has 2 aromatic rings. The normalized spacial score (nSPS) is 14.6. The number of hydrogen-bond acceptors (Lipinski definition) is 4. The molecule has 1 aliphatic heterocycles. The summed E-state index contributed by atoms with van der Waals surface area (Å²) in [6, 6.07) is 5.68. The van der Waals surface area contributed by atoms with Crippen molar-refractivity contribution in [3.05, 3.63) is 52.7 Å². The second-order valence-electron chi connectivity index (χ2n) is 6.49. The lowest BCUT2D eigenvalue weighted by Gasteiger charge is -2.35. The van der Waals surface area contributed by atoms with Crippen LogP contribution < -0.4 is 0 Å². The van der Waals surface area contributed by atoms with Gasteiger partial charge in [-0.2, -0.15) is 0 Å². The van der Waals surface area contributed by atoms with Gasteiger partial charge in [-0.25, -0.2) is 4.39 Å². The molecular formula is C19H22FN3O3. The summed E-state index contributed by atoms with van der Waals surface area (Å²) in [5, 5.41) is 3.90. The predicted molar refractivity (Wildman–Crippen MR) is 93.2 cm³/mol. The molecule has 1 aliphatic rings. The summed E-state index contributed by atoms with van der Waals surface area (Å²) in [5.74, 6) is 0.181. The molecule has 3 rings (SSSR count). The maximum absolute atomic E-state index is 13.3. The van der Waals surface area contributed by atoms with E-state index < -0.39 is 5.82 Å². The van der Waals surface area contributed by atoms with Gasteiger partial charge in [-0.15, -0.1) is 0 Å². The Morgan fingerprint density at radius 2 is 1.85 bits per heavy atom. The minimum atomic E-state index is -0.427. The molecule has 0 N–H and O–H groups in total. The lowest BCUT2D eigenvalue weighted by atomic mass is 10.1. The van der Waals surface area contributed by atoms with Crippen molar-refractivity contribution in [3.8, 4) is 0 Å². The van der Waals surface area contributed by atoms with E-state index in [1.54, 1.807) is 15.9 Å². The van der Waals surface area contributed by atoms with Crippen molar-refractivity contribution in [1.29, 1.82) is 0 Å². The topological polar surface area (TPSA) is 66.7 Å². The van der Waals surface area contributed by atoms with Crippen molar-refractivity contribution in [1.82, 2.24) is 15.0 Å². The number of carbonyl (C=O) groups excluding carboxylic acids is 2. The van der Waals surface area contributed by atoms with Crippen LogP contribution in [0.15, 0.2) is 28.8 Å². The van der Waals surface area contributed by atoms with E-state index in [4.69, 9.17) is 4.52 Å². The smallest absolute Gasteiger partial charge is 0.254 e. The monoisotopic (exact) mass is 359 g/mol. The van der Waals surface area contributed by atoms with E-state index in [-0.39, 0.29) is 11.8 Å². The van der Waals surface area contributed by atoms with E-state index in [1.807, 2.05) is 13.8 Å². The zero-order valence-electron chi connectivity index (χ0n) is 15.0. The van der Waals surface area contributed by atoms with Crippen LogP contribution in [0, 0.1) is 19.7 Å². The standard InChI is InChI=1S/C19H22FN3O3/c1-13-17(14(2)26-21-13)6-7-18(24)22-8-10-23(11-9-22)19(25)15-4-3-5-16(20)12-15/h3-5,12H,6-11H2,1-2H3. The van der Waals surface area contributed by atoms with Crippen molar-refractivity contribution in [2.75, 3.05) is 26.2 Å². The second-order valence-corrected chi connectivity index (χ2v) is 6.49. The molecule has 138 valence electrons. The number of carbonyl (C=O) groups is 2. The van der Waals surface area contributed by atoms with Gasteiger partial charge in [0.1, 0.15) is 11.6 Å². The molecule has 6 nitrogen and oxygen atoms in total. The van der Waals surface area contributed by atoms with Crippen molar-refractivity contribution in [2.45, 2.75) is 26.7 Å². The molecule has 0 atom stereocenters. The van der Waals surface area contributed by atoms with Gasteiger partial charge in [0.25, 0.3) is 5.91 Å². The van der Waals surface area contributed by atoms with Gasteiger partial charge in [0.15, 0.2) is 0 Å². The largest absolute Gasteiger partial charge is 0.361 e. The number of halogens is 1. The molecule has 2 heterocycles. The van der Waals surface area contributed by atoms with E-state index >= 15 is 0 Å². The highest BCUT2D eigenvalue weighted by Gasteiger charge is 2.25. The average molecular weight is 359 g/mol. The first-order chi connectivity index (χ1) is 12.5. The van der Waals surface area contributed by atoms with Crippen LogP contribution >= 0.6 is 0 Å². The van der Waals surface area contributed by atoms with Crippen molar-refractivity contribution in [3.63, 3.8) is 0 Å². The van der Waals surface area contributed by atoms with Crippen molar-refractivity contribution < 1.29 is 18.5 Å². The zero-order valence-corrected chi connectivity index (χ0v) is 15.0. The summed E-state index contributed by atoms with van der Waals surface area (Å²) in [5.41, 5.74) is 2.14. The van der Waals surface area contributed by atoms with Crippen LogP contribution in [0.3, 0.4) is 0 Å². The first-order valence-electron chi connectivity index (χ1n) is 8.70. The highest BCUT2D eigenvalue weighted by atomic mass is 19.1. The number of nitrogens with zero attached hydrogens (tertiary/aromatic N) is 3. The van der Waals surface area contributed by atoms with Gasteiger partial charge in [-0.1, -0.05) is 11.2 Å². The Kier molecular flexibility index (Phi) is 5.35. The van der Waals surface area contributed by atoms with Crippen LogP contribution in [-0.4, -0.2) is 52.9 Å². The van der Waals surface area contributed by atoms with Gasteiger partial charge in [0.05, 0.1) is 5.69 Å². The number of amides is 2. The molecule has 0 bridgehead atoms. The Labute approximate surface area is 151 Å². The number of aromatic nitrogens is 1. The van der Waals surface area contributed by atoms with Crippen LogP contribution in [0.2, 0.25) is 0 Å². The fraction of sp³-hybridized carbons (Fsp3) is 0.421. The number of hydrogen-bond donors (Lipinski definition) is 0. The highest BCUT2D eigenvalue weighted by Crippen LogP contribution is 2.16. The number of rotatable bonds is 4. The maximum atomic E-state index is 13.3. The predicted octanol–water partition coefficient (Wildman–Crippen LogP) is 2.35. The maximum Gasteiger partial charge on any atom is 0.254 e. The van der Waals surface area contributed by atoms with Crippen LogP contribution in [-0.2, 0) is 11.2 Å². The van der Waals surface area contributed by atoms with Crippen LogP contribution in [0.4, 0.5) is 4.39 Å². The Morgan fingerprint density at radius 1 is 1.15 bits per heavy atom. The van der Waals surface area contributed by atoms with E-state index in [2.05, 4.69) is 5.16 Å². The zero-order chi connectivity index (χ0) is 18.7. The van der Waals surface area contributed by atoms with Crippen LogP contribution in [0.5, 0.6) is 0 Å². The quantitative estimate of drug-likeness (QED) is 0.840. The minimum absolute atomic E-state index is 0.0582. The molecule has 1 aromatic carbocycles. The minimum Gasteiger partial charge on any atom is -0.361 e. The molecule has 2 amide bonds. The highest BCUT2D eigenvalue weighted by molar-refractivity contribution is 5.94. The molecule has 0 radical (unpaired) electrons. The summed E-state index contributed by atoms with van der Waals surface area (Å²) in [7, 11) is 0. The summed E-state index contributed by atoms with van der Waals surface area (Å²) in [6.07, 6.45) is 0.989. The van der Waals surface area contributed by atoms with E-state index in [1.165, 1.54) is 18.2 Å². The van der Waals surface area contributed by atoms with Gasteiger partial charge in [0, 0.05) is 43.7 Å². The Morgan fingerprint density at radius 3 is 2.46 bits per heavy atom. The Balaban J connectivity index is 1.51. The summed E-state index contributed by atoms with van der Waals surface area (Å²) in [4.78, 5) is 28.3. The number of aryl methyl sites for hydroxylation is 2. The molecule has 26 heavy (non-hydrogen) atoms. The molecule has 1 aromatic heterocycles. The second kappa shape index (κ2) is 7.68. The lowest BCUT2D eigenvalue weighted by molar-refractivity contribution is -0.132. The summed E-state index contributed by atoms with van der Waals surface area (Å²) in [6.45, 7) is 5.59. The third kappa shape index (κ3) is 3.92. The lowest BCUT2D eigenvalue weighted by Crippen LogP contribution is -2.50. The van der Waals surface area contributed by atoms with Crippen molar-refractivity contribution >= 4 is 11.8 Å². The molecular weight excluding hydrogens is 337 g/mol. The van der Waals surface area contributed by atoms with Crippen molar-refractivity contribution in [2.24, 2.45) is 0 Å². The third-order valence-corrected chi connectivity index (χ3v) is 4.76. The van der Waals surface area contributed by atoms with Gasteiger partial charge < -0.3 is 14.3 Å². The Bertz CT molecular complexity index is 791. The van der Waals surface area contributed by atoms with Gasteiger partial charge in [-0.3, -0.25) is 9.59 Å². The first kappa shape index (κ1) is 18.1. The van der Waals surface area contributed by atoms with Gasteiger partial charge in [-0.05, 0) is 38.5 Å². The molecule has 1 saturated heterocycles. The molecule has 0 saturated carbocycles. The fourth-order valence-corrected chi connectivity index (χ4v) is 3.21. The molecule has 0 unspecified atom stereocenters. The number of benzene rings is 1. The SMILES string of the molecule is Cc1noc(C)c1CCC(=O)N1CCN(C(=O)c2cccc(F)c2)CC1. The first-order valence-corrected chi connectivity index (χ1v) is 8.70. The third-order valence-electron chi connectivity index (χ3n) is 4.76. The van der Waals surface area contributed by atoms with Crippen LogP contribution in [0.1, 0.15) is 33.8 Å². The molecule has 0 aliphatic carbocycles. The molecule has 7 heteroatoms. The van der Waals surface area contributed by atoms with Gasteiger partial charge in [0.2, 0.25) is 5.91 Å². The summed E-state index contributed by atoms with van der Waals surface area (Å²) < 4.78 is 18.4. The summed E-state index contributed by atoms with van der Waals surface area (Å²) >= 11 is 0. The van der Waals surface area contributed by atoms with E-state index in [0.717, 1.165) is 17.0 Å². The van der Waals surface area contributed by atoms with Gasteiger partial charge >= 0.3 is 0 Å². The fourth-order valence-electron chi connectivity index (χ4n) is 3.21. The molecule has 0 spiro atoms. The van der Waals surface area contributed by atoms with E-state index in [0.29, 0.717) is 44.6 Å². The number of piperazine rings is 1. The Hall–Kier alpha value is -2.70. The van der Waals surface area contributed by atoms with Crippen LogP contribution in [0.25, 0.3) is 0 Å². The molecule has 1 fully saturated rings. The van der Waals surface area contributed by atoms with E-state index in [9.17, 15) is 14.0 Å².